The molecule has 1 saturated heterocycles. The Morgan fingerprint density at radius 2 is 1.67 bits per heavy atom. The minimum atomic E-state index is -0.581. The van der Waals surface area contributed by atoms with Crippen LogP contribution in [0.5, 0.6) is 0 Å². The number of para-hydroxylation sites is 1. The summed E-state index contributed by atoms with van der Waals surface area (Å²) in [6.45, 7) is 3.52. The van der Waals surface area contributed by atoms with Crippen molar-refractivity contribution in [2.24, 2.45) is 5.73 Å². The average Bonchev–Trinajstić information content (AvgIpc) is 2.83. The van der Waals surface area contributed by atoms with Crippen LogP contribution in [0.2, 0.25) is 0 Å². The summed E-state index contributed by atoms with van der Waals surface area (Å²) < 4.78 is 0. The van der Waals surface area contributed by atoms with Crippen molar-refractivity contribution in [1.82, 2.24) is 4.90 Å². The summed E-state index contributed by atoms with van der Waals surface area (Å²) in [5.74, 6) is 0.176. The van der Waals surface area contributed by atoms with E-state index in [-0.39, 0.29) is 5.91 Å². The zero-order chi connectivity index (χ0) is 14.7. The van der Waals surface area contributed by atoms with Crippen LogP contribution >= 0.6 is 0 Å². The monoisotopic (exact) mass is 287 g/mol. The molecule has 21 heavy (non-hydrogen) atoms. The number of hydrogen-bond acceptors (Lipinski definition) is 3. The van der Waals surface area contributed by atoms with E-state index in [1.807, 2.05) is 11.0 Å². The summed E-state index contributed by atoms with van der Waals surface area (Å²) >= 11 is 0. The van der Waals surface area contributed by atoms with Gasteiger partial charge in [-0.2, -0.15) is 0 Å². The lowest BCUT2D eigenvalue weighted by atomic mass is 9.97. The molecule has 2 N–H and O–H groups in total. The first-order valence-electron chi connectivity index (χ1n) is 8.07. The van der Waals surface area contributed by atoms with E-state index < -0.39 is 5.54 Å². The van der Waals surface area contributed by atoms with Crippen LogP contribution in [0.25, 0.3) is 0 Å². The first-order valence-corrected chi connectivity index (χ1v) is 8.07. The Kier molecular flexibility index (Phi) is 4.15. The molecule has 0 unspecified atom stereocenters. The Morgan fingerprint density at radius 1 is 0.952 bits per heavy atom. The molecule has 1 heterocycles. The zero-order valence-electron chi connectivity index (χ0n) is 12.6. The molecule has 0 atom stereocenters. The molecule has 2 fully saturated rings. The second-order valence-electron chi connectivity index (χ2n) is 6.33. The largest absolute Gasteiger partial charge is 0.370 e. The molecule has 3 rings (SSSR count). The van der Waals surface area contributed by atoms with Gasteiger partial charge in [0.05, 0.1) is 5.54 Å². The van der Waals surface area contributed by atoms with Crippen molar-refractivity contribution in [3.05, 3.63) is 30.3 Å². The molecular weight excluding hydrogens is 262 g/mol. The molecule has 1 aliphatic heterocycles. The molecule has 0 bridgehead atoms. The summed E-state index contributed by atoms with van der Waals surface area (Å²) in [5, 5.41) is 0. The van der Waals surface area contributed by atoms with Gasteiger partial charge < -0.3 is 15.5 Å². The number of nitrogens with zero attached hydrogens (tertiary/aromatic N) is 2. The lowest BCUT2D eigenvalue weighted by Gasteiger charge is -2.31. The lowest BCUT2D eigenvalue weighted by Crippen LogP contribution is -2.54. The van der Waals surface area contributed by atoms with Crippen molar-refractivity contribution in [2.75, 3.05) is 31.1 Å². The third-order valence-corrected chi connectivity index (χ3v) is 4.83. The molecule has 4 heteroatoms. The van der Waals surface area contributed by atoms with Gasteiger partial charge in [0.25, 0.3) is 0 Å². The van der Waals surface area contributed by atoms with E-state index in [9.17, 15) is 4.79 Å². The van der Waals surface area contributed by atoms with Gasteiger partial charge in [-0.05, 0) is 31.4 Å². The number of anilines is 1. The molecule has 1 aromatic carbocycles. The van der Waals surface area contributed by atoms with Gasteiger partial charge in [-0.3, -0.25) is 4.79 Å². The van der Waals surface area contributed by atoms with Crippen LogP contribution in [-0.4, -0.2) is 42.5 Å². The summed E-state index contributed by atoms with van der Waals surface area (Å²) in [6.07, 6.45) is 4.89. The van der Waals surface area contributed by atoms with Crippen LogP contribution in [0.4, 0.5) is 5.69 Å². The van der Waals surface area contributed by atoms with Crippen molar-refractivity contribution in [3.63, 3.8) is 0 Å². The van der Waals surface area contributed by atoms with Gasteiger partial charge in [-0.25, -0.2) is 0 Å². The minimum absolute atomic E-state index is 0.176. The zero-order valence-corrected chi connectivity index (χ0v) is 12.6. The van der Waals surface area contributed by atoms with E-state index in [1.54, 1.807) is 0 Å². The summed E-state index contributed by atoms with van der Waals surface area (Å²) in [6, 6.07) is 10.4. The second-order valence-corrected chi connectivity index (χ2v) is 6.33. The third kappa shape index (κ3) is 3.05. The number of hydrogen-bond donors (Lipinski definition) is 1. The van der Waals surface area contributed by atoms with Crippen LogP contribution in [0.3, 0.4) is 0 Å². The topological polar surface area (TPSA) is 49.6 Å². The Labute approximate surface area is 126 Å². The van der Waals surface area contributed by atoms with Gasteiger partial charge in [-0.1, -0.05) is 31.0 Å². The normalized spacial score (nSPS) is 22.1. The smallest absolute Gasteiger partial charge is 0.242 e. The van der Waals surface area contributed by atoms with Crippen LogP contribution in [0, 0.1) is 0 Å². The van der Waals surface area contributed by atoms with Crippen molar-refractivity contribution in [2.45, 2.75) is 37.6 Å². The summed E-state index contributed by atoms with van der Waals surface area (Å²) in [4.78, 5) is 17.1. The van der Waals surface area contributed by atoms with E-state index in [1.165, 1.54) is 5.69 Å². The van der Waals surface area contributed by atoms with Crippen LogP contribution in [0.15, 0.2) is 30.3 Å². The third-order valence-electron chi connectivity index (χ3n) is 4.83. The van der Waals surface area contributed by atoms with Gasteiger partial charge in [0, 0.05) is 31.9 Å². The fourth-order valence-electron chi connectivity index (χ4n) is 3.55. The van der Waals surface area contributed by atoms with Gasteiger partial charge in [0.15, 0.2) is 0 Å². The van der Waals surface area contributed by atoms with Gasteiger partial charge in [-0.15, -0.1) is 0 Å². The van der Waals surface area contributed by atoms with E-state index in [2.05, 4.69) is 29.2 Å². The van der Waals surface area contributed by atoms with Crippen LogP contribution < -0.4 is 10.6 Å². The molecule has 1 saturated carbocycles. The highest BCUT2D eigenvalue weighted by atomic mass is 16.2. The Hall–Kier alpha value is -1.55. The number of rotatable bonds is 2. The average molecular weight is 287 g/mol. The predicted octanol–water partition coefficient (Wildman–Crippen LogP) is 2.00. The lowest BCUT2D eigenvalue weighted by molar-refractivity contribution is -0.136. The SMILES string of the molecule is NC1(C(=O)N2CCCN(c3ccccc3)CC2)CCCC1. The Morgan fingerprint density at radius 3 is 2.38 bits per heavy atom. The molecule has 1 amide bonds. The van der Waals surface area contributed by atoms with Crippen LogP contribution in [0.1, 0.15) is 32.1 Å². The molecule has 0 radical (unpaired) electrons. The van der Waals surface area contributed by atoms with Crippen molar-refractivity contribution >= 4 is 11.6 Å². The van der Waals surface area contributed by atoms with E-state index >= 15 is 0 Å². The summed E-state index contributed by atoms with van der Waals surface area (Å²) in [5.41, 5.74) is 6.99. The fraction of sp³-hybridized carbons (Fsp3) is 0.588. The maximum absolute atomic E-state index is 12.7. The first-order chi connectivity index (χ1) is 10.2. The molecule has 2 aliphatic rings. The highest BCUT2D eigenvalue weighted by Gasteiger charge is 2.40. The maximum Gasteiger partial charge on any atom is 0.242 e. The van der Waals surface area contributed by atoms with Crippen molar-refractivity contribution in [1.29, 1.82) is 0 Å². The number of carbonyl (C=O) groups excluding carboxylic acids is 1. The molecule has 1 aromatic rings. The Bertz CT molecular complexity index is 482. The minimum Gasteiger partial charge on any atom is -0.370 e. The highest BCUT2D eigenvalue weighted by Crippen LogP contribution is 2.29. The van der Waals surface area contributed by atoms with Crippen LogP contribution in [-0.2, 0) is 4.79 Å². The highest BCUT2D eigenvalue weighted by molar-refractivity contribution is 5.86. The molecule has 0 aromatic heterocycles. The predicted molar refractivity (Wildman–Crippen MR) is 85.2 cm³/mol. The molecule has 4 nitrogen and oxygen atoms in total. The molecular formula is C17H25N3O. The number of amides is 1. The van der Waals surface area contributed by atoms with E-state index in [0.29, 0.717) is 0 Å². The van der Waals surface area contributed by atoms with Gasteiger partial charge in [0.1, 0.15) is 0 Å². The van der Waals surface area contributed by atoms with Crippen molar-refractivity contribution in [3.8, 4) is 0 Å². The molecule has 114 valence electrons. The van der Waals surface area contributed by atoms with E-state index in [4.69, 9.17) is 5.73 Å². The Balaban J connectivity index is 1.64. The van der Waals surface area contributed by atoms with E-state index in [0.717, 1.165) is 58.3 Å². The maximum atomic E-state index is 12.7. The quantitative estimate of drug-likeness (QED) is 0.905. The van der Waals surface area contributed by atoms with Gasteiger partial charge >= 0.3 is 0 Å². The number of benzene rings is 1. The van der Waals surface area contributed by atoms with Gasteiger partial charge in [0.2, 0.25) is 5.91 Å². The fourth-order valence-corrected chi connectivity index (χ4v) is 3.55. The first kappa shape index (κ1) is 14.4. The standard InChI is InChI=1S/C17H25N3O/c18-17(9-4-5-10-17)16(21)20-12-6-11-19(13-14-20)15-7-2-1-3-8-15/h1-3,7-8H,4-6,9-14,18H2. The summed E-state index contributed by atoms with van der Waals surface area (Å²) in [7, 11) is 0. The van der Waals surface area contributed by atoms with Crippen molar-refractivity contribution < 1.29 is 4.79 Å². The number of carbonyl (C=O) groups is 1. The molecule has 0 spiro atoms. The second kappa shape index (κ2) is 6.06. The molecule has 1 aliphatic carbocycles. The number of nitrogens with two attached hydrogens (primary N) is 1.